The Hall–Kier alpha value is -1.60. The first-order valence-corrected chi connectivity index (χ1v) is 9.17. The number of benzene rings is 2. The van der Waals surface area contributed by atoms with E-state index in [4.69, 9.17) is 0 Å². The number of hydrogen-bond donors (Lipinski definition) is 0. The molecule has 0 bridgehead atoms. The number of rotatable bonds is 8. The highest BCUT2D eigenvalue weighted by Crippen LogP contribution is 2.19. The molecule has 0 amide bonds. The van der Waals surface area contributed by atoms with Crippen LogP contribution < -0.4 is 0 Å². The smallest absolute Gasteiger partial charge is 0.0654 e. The van der Waals surface area contributed by atoms with Crippen LogP contribution in [0.3, 0.4) is 0 Å². The van der Waals surface area contributed by atoms with Gasteiger partial charge in [-0.15, -0.1) is 0 Å². The van der Waals surface area contributed by atoms with Crippen molar-refractivity contribution in [3.05, 3.63) is 71.8 Å². The van der Waals surface area contributed by atoms with Gasteiger partial charge in [-0.05, 0) is 11.1 Å². The van der Waals surface area contributed by atoms with Crippen LogP contribution in [0.5, 0.6) is 0 Å². The van der Waals surface area contributed by atoms with Crippen LogP contribution >= 0.6 is 0 Å². The van der Waals surface area contributed by atoms with Crippen LogP contribution in [0, 0.1) is 0 Å². The summed E-state index contributed by atoms with van der Waals surface area (Å²) in [4.78, 5) is 0. The average Bonchev–Trinajstić information content (AvgIpc) is 2.55. The molecular formula is C20H24Si. The summed E-state index contributed by atoms with van der Waals surface area (Å²) < 4.78 is 0. The molecule has 0 atom stereocenters. The monoisotopic (exact) mass is 292 g/mol. The summed E-state index contributed by atoms with van der Waals surface area (Å²) in [6, 6.07) is 22.8. The van der Waals surface area contributed by atoms with Gasteiger partial charge in [-0.2, -0.15) is 0 Å². The second-order valence-electron chi connectivity index (χ2n) is 5.32. The minimum Gasteiger partial charge on any atom is -0.0654 e. The van der Waals surface area contributed by atoms with Crippen molar-refractivity contribution in [2.45, 2.75) is 38.7 Å². The predicted octanol–water partition coefficient (Wildman–Crippen LogP) is 5.89. The maximum atomic E-state index is 2.35. The molecule has 0 N–H and O–H groups in total. The second kappa shape index (κ2) is 9.35. The predicted molar refractivity (Wildman–Crippen MR) is 95.5 cm³/mol. The number of unbranched alkanes of at least 4 members (excludes halogenated alkanes) is 3. The molecule has 0 aliphatic rings. The molecule has 21 heavy (non-hydrogen) atoms. The molecule has 0 spiro atoms. The Morgan fingerprint density at radius 2 is 1.52 bits per heavy atom. The van der Waals surface area contributed by atoms with Crippen molar-refractivity contribution in [1.29, 1.82) is 0 Å². The van der Waals surface area contributed by atoms with E-state index in [1.807, 2.05) is 0 Å². The van der Waals surface area contributed by atoms with E-state index in [1.165, 1.54) is 48.1 Å². The lowest BCUT2D eigenvalue weighted by Crippen LogP contribution is -1.96. The molecule has 0 aliphatic heterocycles. The largest absolute Gasteiger partial charge is 0.0816 e. The van der Waals surface area contributed by atoms with Gasteiger partial charge in [0.25, 0.3) is 0 Å². The van der Waals surface area contributed by atoms with Crippen molar-refractivity contribution >= 4 is 20.8 Å². The first-order valence-electron chi connectivity index (χ1n) is 7.96. The van der Waals surface area contributed by atoms with Crippen molar-refractivity contribution in [2.24, 2.45) is 0 Å². The molecule has 0 nitrogen and oxygen atoms in total. The molecule has 0 saturated carbocycles. The summed E-state index contributed by atoms with van der Waals surface area (Å²) in [5, 5.41) is 1.48. The normalized spacial score (nSPS) is 11.6. The highest BCUT2D eigenvalue weighted by atomic mass is 28.2. The maximum Gasteiger partial charge on any atom is 0.0816 e. The molecule has 2 aromatic rings. The Morgan fingerprint density at radius 3 is 2.19 bits per heavy atom. The Bertz CT molecular complexity index is 528. The second-order valence-corrected chi connectivity index (χ2v) is 6.71. The molecule has 1 heteroatoms. The zero-order valence-electron chi connectivity index (χ0n) is 12.9. The first-order chi connectivity index (χ1) is 10.4. The topological polar surface area (TPSA) is 0 Å². The van der Waals surface area contributed by atoms with Crippen LogP contribution in [0.2, 0.25) is 6.04 Å². The lowest BCUT2D eigenvalue weighted by atomic mass is 10.1. The van der Waals surface area contributed by atoms with Gasteiger partial charge in [-0.3, -0.25) is 0 Å². The van der Waals surface area contributed by atoms with Gasteiger partial charge in [0.05, 0.1) is 9.52 Å². The van der Waals surface area contributed by atoms with E-state index in [0.717, 1.165) is 9.52 Å². The third-order valence-corrected chi connectivity index (χ3v) is 4.96. The third-order valence-electron chi connectivity index (χ3n) is 3.54. The van der Waals surface area contributed by atoms with Gasteiger partial charge in [0.2, 0.25) is 0 Å². The Kier molecular flexibility index (Phi) is 7.03. The average molecular weight is 292 g/mol. The van der Waals surface area contributed by atoms with Crippen LogP contribution in [0.15, 0.2) is 60.7 Å². The fraction of sp³-hybridized carbons (Fsp3) is 0.300. The van der Waals surface area contributed by atoms with Crippen LogP contribution in [-0.2, 0) is 0 Å². The van der Waals surface area contributed by atoms with E-state index in [1.54, 1.807) is 0 Å². The minimum atomic E-state index is 0.899. The SMILES string of the molecule is CCCCCC[Si]/C(=C/c1ccccc1)c1ccccc1. The van der Waals surface area contributed by atoms with E-state index in [0.29, 0.717) is 0 Å². The van der Waals surface area contributed by atoms with Crippen LogP contribution in [0.1, 0.15) is 43.7 Å². The molecule has 0 heterocycles. The van der Waals surface area contributed by atoms with Gasteiger partial charge < -0.3 is 0 Å². The van der Waals surface area contributed by atoms with Gasteiger partial charge in [0, 0.05) is 0 Å². The van der Waals surface area contributed by atoms with E-state index >= 15 is 0 Å². The molecule has 0 fully saturated rings. The Labute approximate surface area is 131 Å². The molecule has 0 aliphatic carbocycles. The van der Waals surface area contributed by atoms with E-state index in [9.17, 15) is 0 Å². The van der Waals surface area contributed by atoms with Gasteiger partial charge >= 0.3 is 0 Å². The highest BCUT2D eigenvalue weighted by molar-refractivity contribution is 6.62. The molecule has 0 saturated heterocycles. The minimum absolute atomic E-state index is 0.899. The Balaban J connectivity index is 2.06. The molecule has 2 radical (unpaired) electrons. The van der Waals surface area contributed by atoms with Crippen molar-refractivity contribution in [3.63, 3.8) is 0 Å². The molecule has 0 aromatic heterocycles. The van der Waals surface area contributed by atoms with Gasteiger partial charge in [-0.1, -0.05) is 111 Å². The summed E-state index contributed by atoms with van der Waals surface area (Å²) in [5.74, 6) is 0. The number of hydrogen-bond acceptors (Lipinski definition) is 0. The van der Waals surface area contributed by atoms with Crippen molar-refractivity contribution in [3.8, 4) is 0 Å². The van der Waals surface area contributed by atoms with Crippen LogP contribution in [-0.4, -0.2) is 9.52 Å². The fourth-order valence-electron chi connectivity index (χ4n) is 2.34. The molecule has 2 rings (SSSR count). The zero-order chi connectivity index (χ0) is 14.8. The highest BCUT2D eigenvalue weighted by Gasteiger charge is 2.03. The molecule has 108 valence electrons. The van der Waals surface area contributed by atoms with Crippen molar-refractivity contribution in [1.82, 2.24) is 0 Å². The maximum absolute atomic E-state index is 2.35. The van der Waals surface area contributed by atoms with E-state index in [-0.39, 0.29) is 0 Å². The van der Waals surface area contributed by atoms with Crippen LogP contribution in [0.25, 0.3) is 11.3 Å². The molecular weight excluding hydrogens is 268 g/mol. The van der Waals surface area contributed by atoms with Gasteiger partial charge in [0.1, 0.15) is 0 Å². The Morgan fingerprint density at radius 1 is 0.857 bits per heavy atom. The zero-order valence-corrected chi connectivity index (χ0v) is 13.9. The standard InChI is InChI=1S/C20H24Si/c1-2-3-4-11-16-21-20(19-14-9-6-10-15-19)17-18-12-7-5-8-13-18/h5-10,12-15,17H,2-4,11,16H2,1H3/b20-17+. The van der Waals surface area contributed by atoms with Crippen molar-refractivity contribution in [2.75, 3.05) is 0 Å². The van der Waals surface area contributed by atoms with E-state index in [2.05, 4.69) is 73.7 Å². The van der Waals surface area contributed by atoms with Crippen LogP contribution in [0.4, 0.5) is 0 Å². The summed E-state index contributed by atoms with van der Waals surface area (Å²) in [6.07, 6.45) is 7.76. The lowest BCUT2D eigenvalue weighted by Gasteiger charge is -2.08. The lowest BCUT2D eigenvalue weighted by molar-refractivity contribution is 0.701. The first kappa shape index (κ1) is 15.8. The summed E-state index contributed by atoms with van der Waals surface area (Å²) >= 11 is 0. The summed E-state index contributed by atoms with van der Waals surface area (Å²) in [6.45, 7) is 2.27. The fourth-order valence-corrected chi connectivity index (χ4v) is 3.68. The molecule has 2 aromatic carbocycles. The summed E-state index contributed by atoms with van der Waals surface area (Å²) in [5.41, 5.74) is 2.67. The summed E-state index contributed by atoms with van der Waals surface area (Å²) in [7, 11) is 0.899. The van der Waals surface area contributed by atoms with E-state index < -0.39 is 0 Å². The van der Waals surface area contributed by atoms with Crippen molar-refractivity contribution < 1.29 is 0 Å². The quantitative estimate of drug-likeness (QED) is 0.323. The van der Waals surface area contributed by atoms with Gasteiger partial charge in [-0.25, -0.2) is 0 Å². The van der Waals surface area contributed by atoms with Gasteiger partial charge in [0.15, 0.2) is 0 Å². The third kappa shape index (κ3) is 5.72. The molecule has 0 unspecified atom stereocenters.